The second-order valence-corrected chi connectivity index (χ2v) is 6.07. The van der Waals surface area contributed by atoms with E-state index in [4.69, 9.17) is 0 Å². The van der Waals surface area contributed by atoms with Gasteiger partial charge in [-0.3, -0.25) is 4.79 Å². The molecule has 19 heavy (non-hydrogen) atoms. The van der Waals surface area contributed by atoms with Crippen LogP contribution in [0.2, 0.25) is 0 Å². The Morgan fingerprint density at radius 3 is 2.00 bits per heavy atom. The zero-order valence-electron chi connectivity index (χ0n) is 12.7. The van der Waals surface area contributed by atoms with Crippen molar-refractivity contribution in [1.29, 1.82) is 0 Å². The summed E-state index contributed by atoms with van der Waals surface area (Å²) in [6, 6.07) is 10.2. The van der Waals surface area contributed by atoms with Crippen molar-refractivity contribution in [1.82, 2.24) is 4.90 Å². The molecule has 1 aromatic rings. The van der Waals surface area contributed by atoms with Crippen LogP contribution in [0, 0.1) is 11.8 Å². The quantitative estimate of drug-likeness (QED) is 0.732. The van der Waals surface area contributed by atoms with Gasteiger partial charge < -0.3 is 4.90 Å². The zero-order chi connectivity index (χ0) is 14.3. The molecule has 0 N–H and O–H groups in total. The van der Waals surface area contributed by atoms with E-state index in [2.05, 4.69) is 39.8 Å². The largest absolute Gasteiger partial charge is 0.342 e. The Hall–Kier alpha value is -1.31. The molecule has 2 heteroatoms. The highest BCUT2D eigenvalue weighted by Crippen LogP contribution is 2.09. The van der Waals surface area contributed by atoms with Gasteiger partial charge in [0, 0.05) is 19.5 Å². The number of carbonyl (C=O) groups excluding carboxylic acids is 1. The molecule has 0 aliphatic carbocycles. The van der Waals surface area contributed by atoms with Crippen molar-refractivity contribution in [3.63, 3.8) is 0 Å². The Kier molecular flexibility index (Phi) is 6.61. The molecular formula is C17H27NO. The molecule has 0 saturated heterocycles. The van der Waals surface area contributed by atoms with E-state index in [1.165, 1.54) is 5.56 Å². The van der Waals surface area contributed by atoms with Gasteiger partial charge in [0.1, 0.15) is 0 Å². The Bertz CT molecular complexity index is 360. The topological polar surface area (TPSA) is 20.3 Å². The van der Waals surface area contributed by atoms with Crippen LogP contribution in [0.3, 0.4) is 0 Å². The molecule has 1 rings (SSSR count). The lowest BCUT2D eigenvalue weighted by atomic mass is 10.1. The Morgan fingerprint density at radius 1 is 1.00 bits per heavy atom. The predicted molar refractivity (Wildman–Crippen MR) is 81.0 cm³/mol. The van der Waals surface area contributed by atoms with Crippen molar-refractivity contribution in [3.8, 4) is 0 Å². The van der Waals surface area contributed by atoms with Crippen molar-refractivity contribution in [2.75, 3.05) is 13.1 Å². The summed E-state index contributed by atoms with van der Waals surface area (Å²) in [6.07, 6.45) is 1.45. The molecular weight excluding hydrogens is 234 g/mol. The Balaban J connectivity index is 2.51. The number of benzene rings is 1. The molecule has 0 spiro atoms. The van der Waals surface area contributed by atoms with Crippen LogP contribution in [0.15, 0.2) is 30.3 Å². The number of aryl methyl sites for hydroxylation is 1. The standard InChI is InChI=1S/C17H27NO/c1-14(2)12-18(13-15(3)4)17(19)11-10-16-8-6-5-7-9-16/h5-9,14-15H,10-13H2,1-4H3. The molecule has 0 saturated carbocycles. The number of carbonyl (C=O) groups is 1. The van der Waals surface area contributed by atoms with Gasteiger partial charge in [-0.2, -0.15) is 0 Å². The van der Waals surface area contributed by atoms with Crippen LogP contribution in [0.4, 0.5) is 0 Å². The molecule has 0 aromatic heterocycles. The Labute approximate surface area is 117 Å². The maximum Gasteiger partial charge on any atom is 0.222 e. The van der Waals surface area contributed by atoms with Crippen LogP contribution >= 0.6 is 0 Å². The monoisotopic (exact) mass is 261 g/mol. The summed E-state index contributed by atoms with van der Waals surface area (Å²) in [5, 5.41) is 0. The normalized spacial score (nSPS) is 11.1. The molecule has 0 atom stereocenters. The van der Waals surface area contributed by atoms with E-state index in [0.29, 0.717) is 18.3 Å². The van der Waals surface area contributed by atoms with Crippen molar-refractivity contribution >= 4 is 5.91 Å². The minimum Gasteiger partial charge on any atom is -0.342 e. The molecule has 1 aromatic carbocycles. The van der Waals surface area contributed by atoms with E-state index in [9.17, 15) is 4.79 Å². The van der Waals surface area contributed by atoms with Crippen LogP contribution in [0.25, 0.3) is 0 Å². The fourth-order valence-corrected chi connectivity index (χ4v) is 2.21. The van der Waals surface area contributed by atoms with Gasteiger partial charge in [0.2, 0.25) is 5.91 Å². The van der Waals surface area contributed by atoms with Gasteiger partial charge in [-0.1, -0.05) is 58.0 Å². The fraction of sp³-hybridized carbons (Fsp3) is 0.588. The maximum atomic E-state index is 12.3. The second-order valence-electron chi connectivity index (χ2n) is 6.07. The van der Waals surface area contributed by atoms with E-state index in [1.54, 1.807) is 0 Å². The van der Waals surface area contributed by atoms with Gasteiger partial charge in [-0.25, -0.2) is 0 Å². The zero-order valence-corrected chi connectivity index (χ0v) is 12.7. The van der Waals surface area contributed by atoms with E-state index in [-0.39, 0.29) is 5.91 Å². The van der Waals surface area contributed by atoms with Crippen LogP contribution < -0.4 is 0 Å². The lowest BCUT2D eigenvalue weighted by Gasteiger charge is -2.26. The summed E-state index contributed by atoms with van der Waals surface area (Å²) in [6.45, 7) is 10.4. The van der Waals surface area contributed by atoms with Gasteiger partial charge in [0.05, 0.1) is 0 Å². The molecule has 0 heterocycles. The molecule has 0 radical (unpaired) electrons. The second kappa shape index (κ2) is 7.98. The smallest absolute Gasteiger partial charge is 0.222 e. The first-order chi connectivity index (χ1) is 8.99. The number of rotatable bonds is 7. The lowest BCUT2D eigenvalue weighted by molar-refractivity contribution is -0.132. The summed E-state index contributed by atoms with van der Waals surface area (Å²) in [5.41, 5.74) is 1.24. The summed E-state index contributed by atoms with van der Waals surface area (Å²) in [4.78, 5) is 14.3. The summed E-state index contributed by atoms with van der Waals surface area (Å²) in [5.74, 6) is 1.34. The first-order valence-electron chi connectivity index (χ1n) is 7.30. The van der Waals surface area contributed by atoms with E-state index in [1.807, 2.05) is 23.1 Å². The highest BCUT2D eigenvalue weighted by molar-refractivity contribution is 5.76. The van der Waals surface area contributed by atoms with Crippen LogP contribution in [-0.4, -0.2) is 23.9 Å². The lowest BCUT2D eigenvalue weighted by Crippen LogP contribution is -2.37. The Morgan fingerprint density at radius 2 is 1.53 bits per heavy atom. The molecule has 1 amide bonds. The van der Waals surface area contributed by atoms with Gasteiger partial charge in [-0.15, -0.1) is 0 Å². The molecule has 2 nitrogen and oxygen atoms in total. The van der Waals surface area contributed by atoms with Crippen molar-refractivity contribution in [2.24, 2.45) is 11.8 Å². The summed E-state index contributed by atoms with van der Waals surface area (Å²) in [7, 11) is 0. The molecule has 0 bridgehead atoms. The third-order valence-electron chi connectivity index (χ3n) is 2.99. The SMILES string of the molecule is CC(C)CN(CC(C)C)C(=O)CCc1ccccc1. The molecule has 0 unspecified atom stereocenters. The molecule has 0 fully saturated rings. The van der Waals surface area contributed by atoms with Crippen LogP contribution in [0.1, 0.15) is 39.7 Å². The highest BCUT2D eigenvalue weighted by atomic mass is 16.2. The highest BCUT2D eigenvalue weighted by Gasteiger charge is 2.15. The van der Waals surface area contributed by atoms with Crippen LogP contribution in [-0.2, 0) is 11.2 Å². The van der Waals surface area contributed by atoms with E-state index in [0.717, 1.165) is 19.5 Å². The summed E-state index contributed by atoms with van der Waals surface area (Å²) >= 11 is 0. The van der Waals surface area contributed by atoms with Crippen molar-refractivity contribution in [2.45, 2.75) is 40.5 Å². The molecule has 0 aliphatic rings. The predicted octanol–water partition coefficient (Wildman–Crippen LogP) is 3.76. The van der Waals surface area contributed by atoms with Gasteiger partial charge in [0.25, 0.3) is 0 Å². The first kappa shape index (κ1) is 15.7. The fourth-order valence-electron chi connectivity index (χ4n) is 2.21. The average Bonchev–Trinajstić information content (AvgIpc) is 2.35. The van der Waals surface area contributed by atoms with Gasteiger partial charge in [-0.05, 0) is 23.8 Å². The maximum absolute atomic E-state index is 12.3. The van der Waals surface area contributed by atoms with E-state index < -0.39 is 0 Å². The minimum absolute atomic E-state index is 0.284. The molecule has 0 aliphatic heterocycles. The van der Waals surface area contributed by atoms with Crippen molar-refractivity contribution < 1.29 is 4.79 Å². The molecule has 106 valence electrons. The minimum atomic E-state index is 0.284. The number of nitrogens with zero attached hydrogens (tertiary/aromatic N) is 1. The number of amides is 1. The van der Waals surface area contributed by atoms with Gasteiger partial charge in [0.15, 0.2) is 0 Å². The van der Waals surface area contributed by atoms with Crippen LogP contribution in [0.5, 0.6) is 0 Å². The summed E-state index contributed by atoms with van der Waals surface area (Å²) < 4.78 is 0. The average molecular weight is 261 g/mol. The van der Waals surface area contributed by atoms with Crippen molar-refractivity contribution in [3.05, 3.63) is 35.9 Å². The van der Waals surface area contributed by atoms with E-state index >= 15 is 0 Å². The van der Waals surface area contributed by atoms with Gasteiger partial charge >= 0.3 is 0 Å². The first-order valence-corrected chi connectivity index (χ1v) is 7.30. The third-order valence-corrected chi connectivity index (χ3v) is 2.99. The number of hydrogen-bond donors (Lipinski definition) is 0. The number of hydrogen-bond acceptors (Lipinski definition) is 1. The third kappa shape index (κ3) is 6.42.